The molecule has 5 rings (SSSR count). The zero-order valence-electron chi connectivity index (χ0n) is 23.6. The fourth-order valence-electron chi connectivity index (χ4n) is 5.90. The van der Waals surface area contributed by atoms with Crippen LogP contribution in [0, 0.1) is 5.92 Å². The van der Waals surface area contributed by atoms with Crippen LogP contribution in [0.5, 0.6) is 0 Å². The zero-order chi connectivity index (χ0) is 30.4. The molecule has 2 aromatic carbocycles. The van der Waals surface area contributed by atoms with Crippen molar-refractivity contribution >= 4 is 72.6 Å². The molecule has 2 amide bonds. The van der Waals surface area contributed by atoms with Gasteiger partial charge >= 0.3 is 0 Å². The summed E-state index contributed by atoms with van der Waals surface area (Å²) in [7, 11) is -4.14. The number of imidazole rings is 1. The Bertz CT molecular complexity index is 1610. The van der Waals surface area contributed by atoms with E-state index in [0.29, 0.717) is 41.7 Å². The topological polar surface area (TPSA) is 95.8 Å². The number of halogens is 3. The number of sulfonamides is 1. The number of anilines is 2. The van der Waals surface area contributed by atoms with Crippen molar-refractivity contribution in [3.8, 4) is 0 Å². The van der Waals surface area contributed by atoms with Crippen LogP contribution in [0.15, 0.2) is 58.2 Å². The lowest BCUT2D eigenvalue weighted by Crippen LogP contribution is -2.48. The van der Waals surface area contributed by atoms with Crippen molar-refractivity contribution in [3.05, 3.63) is 68.7 Å². The monoisotopic (exact) mass is 695 g/mol. The first-order chi connectivity index (χ1) is 19.9. The van der Waals surface area contributed by atoms with Gasteiger partial charge in [-0.2, -0.15) is 4.31 Å². The number of piperidine rings is 1. The highest BCUT2D eigenvalue weighted by Crippen LogP contribution is 2.45. The molecule has 42 heavy (non-hydrogen) atoms. The van der Waals surface area contributed by atoms with Crippen molar-refractivity contribution in [1.82, 2.24) is 18.8 Å². The average Bonchev–Trinajstić information content (AvgIpc) is 3.48. The SMILES string of the molecule is CCN(CC)C(=O)C1CCCN(S(=O)(=O)c2cnc3n2[C@](C)(Cc2ccc(Br)cc2)C(=O)N3c2cc(Cl)cc(Cl)c2)C1. The van der Waals surface area contributed by atoms with Crippen LogP contribution in [0.1, 0.15) is 39.2 Å². The van der Waals surface area contributed by atoms with E-state index >= 15 is 0 Å². The Morgan fingerprint density at radius 1 is 1.12 bits per heavy atom. The van der Waals surface area contributed by atoms with Crippen molar-refractivity contribution in [1.29, 1.82) is 0 Å². The molecule has 0 N–H and O–H groups in total. The lowest BCUT2D eigenvalue weighted by atomic mass is 9.92. The van der Waals surface area contributed by atoms with Crippen LogP contribution >= 0.6 is 39.1 Å². The van der Waals surface area contributed by atoms with E-state index in [4.69, 9.17) is 23.2 Å². The van der Waals surface area contributed by atoms with Gasteiger partial charge in [-0.15, -0.1) is 0 Å². The molecule has 2 aliphatic heterocycles. The van der Waals surface area contributed by atoms with E-state index in [9.17, 15) is 18.0 Å². The molecule has 2 aliphatic rings. The molecule has 1 saturated heterocycles. The second-order valence-electron chi connectivity index (χ2n) is 10.8. The van der Waals surface area contributed by atoms with Gasteiger partial charge in [-0.25, -0.2) is 18.3 Å². The third-order valence-electron chi connectivity index (χ3n) is 8.05. The zero-order valence-corrected chi connectivity index (χ0v) is 27.5. The summed E-state index contributed by atoms with van der Waals surface area (Å²) in [5, 5.41) is 0.557. The third-order valence-corrected chi connectivity index (χ3v) is 10.8. The number of hydrogen-bond acceptors (Lipinski definition) is 5. The van der Waals surface area contributed by atoms with Crippen molar-refractivity contribution in [2.45, 2.75) is 50.6 Å². The number of nitrogens with zero attached hydrogens (tertiary/aromatic N) is 5. The van der Waals surface area contributed by atoms with Crippen molar-refractivity contribution in [2.24, 2.45) is 5.92 Å². The van der Waals surface area contributed by atoms with E-state index in [1.54, 1.807) is 30.0 Å². The first-order valence-electron chi connectivity index (χ1n) is 13.8. The van der Waals surface area contributed by atoms with E-state index in [2.05, 4.69) is 20.9 Å². The first-order valence-corrected chi connectivity index (χ1v) is 16.8. The molecule has 9 nitrogen and oxygen atoms in total. The molecule has 0 bridgehead atoms. The lowest BCUT2D eigenvalue weighted by molar-refractivity contribution is -0.136. The van der Waals surface area contributed by atoms with E-state index in [0.717, 1.165) is 10.0 Å². The molecule has 13 heteroatoms. The predicted molar refractivity (Wildman–Crippen MR) is 167 cm³/mol. The van der Waals surface area contributed by atoms with Crippen LogP contribution in [-0.4, -0.2) is 65.2 Å². The Morgan fingerprint density at radius 3 is 2.38 bits per heavy atom. The summed E-state index contributed by atoms with van der Waals surface area (Å²) >= 11 is 16.0. The maximum Gasteiger partial charge on any atom is 0.260 e. The van der Waals surface area contributed by atoms with Gasteiger partial charge in [0, 0.05) is 47.1 Å². The standard InChI is InChI=1S/C29H32BrCl2N5O4S/c1-4-34(5-2)26(38)20-7-6-12-35(18-20)42(40,41)25-17-33-28-36(24-14-22(31)13-23(32)15-24)27(39)29(3,37(25)28)16-19-8-10-21(30)11-9-19/h8-11,13-15,17,20H,4-7,12,16,18H2,1-3H3/t20?,29-/m1/s1. The Hall–Kier alpha value is -2.44. The maximum absolute atomic E-state index is 14.3. The van der Waals surface area contributed by atoms with Crippen LogP contribution in [0.2, 0.25) is 10.0 Å². The number of aromatic nitrogens is 2. The molecule has 224 valence electrons. The molecule has 0 aliphatic carbocycles. The molecule has 3 heterocycles. The van der Waals surface area contributed by atoms with E-state index < -0.39 is 21.5 Å². The lowest BCUT2D eigenvalue weighted by Gasteiger charge is -2.34. The summed E-state index contributed by atoms with van der Waals surface area (Å²) in [4.78, 5) is 35.0. The van der Waals surface area contributed by atoms with Crippen LogP contribution in [0.3, 0.4) is 0 Å². The molecule has 1 fully saturated rings. The molecule has 1 aromatic heterocycles. The van der Waals surface area contributed by atoms with Gasteiger partial charge in [0.05, 0.1) is 17.8 Å². The van der Waals surface area contributed by atoms with Crippen molar-refractivity contribution in [2.75, 3.05) is 31.1 Å². The van der Waals surface area contributed by atoms with Crippen molar-refractivity contribution < 1.29 is 18.0 Å². The quantitative estimate of drug-likeness (QED) is 0.294. The minimum absolute atomic E-state index is 0.0438. The third kappa shape index (κ3) is 5.50. The van der Waals surface area contributed by atoms with Gasteiger partial charge in [0.1, 0.15) is 5.54 Å². The second kappa shape index (κ2) is 11.9. The Kier molecular flexibility index (Phi) is 8.80. The molecular weight excluding hydrogens is 665 g/mol. The van der Waals surface area contributed by atoms with Crippen LogP contribution in [0.4, 0.5) is 11.6 Å². The normalized spacial score (nSPS) is 21.0. The summed E-state index contributed by atoms with van der Waals surface area (Å²) < 4.78 is 32.3. The molecular formula is C29H32BrCl2N5O4S. The largest absolute Gasteiger partial charge is 0.343 e. The van der Waals surface area contributed by atoms with Gasteiger partial charge in [0.25, 0.3) is 15.9 Å². The number of amides is 2. The smallest absolute Gasteiger partial charge is 0.260 e. The summed E-state index contributed by atoms with van der Waals surface area (Å²) in [6.07, 6.45) is 2.68. The molecule has 0 radical (unpaired) electrons. The summed E-state index contributed by atoms with van der Waals surface area (Å²) in [6, 6.07) is 12.3. The molecule has 0 saturated carbocycles. The predicted octanol–water partition coefficient (Wildman–Crippen LogP) is 5.86. The fourth-order valence-corrected chi connectivity index (χ4v) is 8.39. The molecule has 0 spiro atoms. The number of carbonyl (C=O) groups is 2. The number of rotatable bonds is 8. The average molecular weight is 697 g/mol. The second-order valence-corrected chi connectivity index (χ2v) is 14.5. The number of carbonyl (C=O) groups excluding carboxylic acids is 2. The minimum atomic E-state index is -4.14. The highest BCUT2D eigenvalue weighted by Gasteiger charge is 2.52. The molecule has 3 aromatic rings. The van der Waals surface area contributed by atoms with Gasteiger partial charge in [0.15, 0.2) is 5.03 Å². The van der Waals surface area contributed by atoms with E-state index in [-0.39, 0.29) is 42.3 Å². The Morgan fingerprint density at radius 2 is 1.76 bits per heavy atom. The first kappa shape index (κ1) is 31.0. The Balaban J connectivity index is 1.60. The van der Waals surface area contributed by atoms with Gasteiger partial charge in [-0.05, 0) is 69.5 Å². The van der Waals surface area contributed by atoms with Gasteiger partial charge in [0.2, 0.25) is 11.9 Å². The summed E-state index contributed by atoms with van der Waals surface area (Å²) in [6.45, 7) is 7.02. The Labute approximate surface area is 264 Å². The van der Waals surface area contributed by atoms with Crippen LogP contribution in [-0.2, 0) is 31.6 Å². The van der Waals surface area contributed by atoms with Gasteiger partial charge in [-0.1, -0.05) is 51.3 Å². The number of benzene rings is 2. The highest BCUT2D eigenvalue weighted by atomic mass is 79.9. The minimum Gasteiger partial charge on any atom is -0.343 e. The molecule has 2 atom stereocenters. The van der Waals surface area contributed by atoms with Crippen LogP contribution in [0.25, 0.3) is 0 Å². The number of hydrogen-bond donors (Lipinski definition) is 0. The van der Waals surface area contributed by atoms with Gasteiger partial charge in [-0.3, -0.25) is 14.2 Å². The number of fused-ring (bicyclic) bond motifs is 1. The fraction of sp³-hybridized carbons (Fsp3) is 0.414. The van der Waals surface area contributed by atoms with Gasteiger partial charge < -0.3 is 4.90 Å². The summed E-state index contributed by atoms with van der Waals surface area (Å²) in [5.41, 5.74) is -0.120. The maximum atomic E-state index is 14.3. The molecule has 1 unspecified atom stereocenters. The van der Waals surface area contributed by atoms with Crippen molar-refractivity contribution in [3.63, 3.8) is 0 Å². The van der Waals surface area contributed by atoms with E-state index in [1.807, 2.05) is 38.1 Å². The highest BCUT2D eigenvalue weighted by molar-refractivity contribution is 9.10. The summed E-state index contributed by atoms with van der Waals surface area (Å²) in [5.74, 6) is -0.686. The van der Waals surface area contributed by atoms with Crippen LogP contribution < -0.4 is 4.90 Å². The van der Waals surface area contributed by atoms with E-state index in [1.165, 1.54) is 20.0 Å².